The Morgan fingerprint density at radius 3 is 2.56 bits per heavy atom. The molecule has 2 heterocycles. The molecule has 27 heavy (non-hydrogen) atoms. The van der Waals surface area contributed by atoms with E-state index in [0.29, 0.717) is 18.1 Å². The van der Waals surface area contributed by atoms with Gasteiger partial charge in [-0.05, 0) is 53.3 Å². The van der Waals surface area contributed by atoms with Crippen LogP contribution in [-0.2, 0) is 9.84 Å². The largest absolute Gasteiger partial charge is 0.494 e. The number of hydrogen-bond donors (Lipinski definition) is 1. The summed E-state index contributed by atoms with van der Waals surface area (Å²) in [7, 11) is -2.83. The van der Waals surface area contributed by atoms with Crippen LogP contribution in [0.25, 0.3) is 21.9 Å². The molecule has 1 unspecified atom stereocenters. The summed E-state index contributed by atoms with van der Waals surface area (Å²) in [5.41, 5.74) is 7.46. The lowest BCUT2D eigenvalue weighted by Crippen LogP contribution is -2.09. The Balaban J connectivity index is 1.47. The van der Waals surface area contributed by atoms with E-state index in [9.17, 15) is 8.42 Å². The van der Waals surface area contributed by atoms with E-state index >= 15 is 0 Å². The van der Waals surface area contributed by atoms with Crippen LogP contribution in [0, 0.1) is 5.92 Å². The van der Waals surface area contributed by atoms with Gasteiger partial charge < -0.3 is 10.5 Å². The van der Waals surface area contributed by atoms with Crippen molar-refractivity contribution < 1.29 is 13.2 Å². The molecule has 2 N–H and O–H groups in total. The zero-order chi connectivity index (χ0) is 18.9. The van der Waals surface area contributed by atoms with Gasteiger partial charge in [0, 0.05) is 18.0 Å². The average Bonchev–Trinajstić information content (AvgIpc) is 3.00. The number of ether oxygens (including phenoxy) is 1. The van der Waals surface area contributed by atoms with Gasteiger partial charge in [0.1, 0.15) is 5.75 Å². The molecule has 0 bridgehead atoms. The summed E-state index contributed by atoms with van der Waals surface area (Å²) in [6.45, 7) is 0.525. The van der Waals surface area contributed by atoms with Gasteiger partial charge in [0.15, 0.2) is 9.84 Å². The van der Waals surface area contributed by atoms with E-state index in [1.54, 1.807) is 12.4 Å². The average molecular weight is 383 g/mol. The predicted octanol–water partition coefficient (Wildman–Crippen LogP) is 3.08. The van der Waals surface area contributed by atoms with Gasteiger partial charge >= 0.3 is 0 Å². The van der Waals surface area contributed by atoms with Gasteiger partial charge in [-0.2, -0.15) is 0 Å². The van der Waals surface area contributed by atoms with Crippen molar-refractivity contribution in [1.29, 1.82) is 0 Å². The second-order valence-electron chi connectivity index (χ2n) is 6.96. The molecule has 1 aliphatic rings. The van der Waals surface area contributed by atoms with Gasteiger partial charge in [0.2, 0.25) is 5.95 Å². The Morgan fingerprint density at radius 1 is 1.04 bits per heavy atom. The molecule has 7 heteroatoms. The molecule has 1 atom stereocenters. The van der Waals surface area contributed by atoms with E-state index in [0.717, 1.165) is 40.5 Å². The van der Waals surface area contributed by atoms with Crippen LogP contribution in [0.1, 0.15) is 12.8 Å². The molecule has 2 aromatic carbocycles. The highest BCUT2D eigenvalue weighted by Crippen LogP contribution is 2.27. The minimum absolute atomic E-state index is 0.215. The Morgan fingerprint density at radius 2 is 1.81 bits per heavy atom. The van der Waals surface area contributed by atoms with E-state index in [1.165, 1.54) is 0 Å². The number of sulfone groups is 1. The van der Waals surface area contributed by atoms with Gasteiger partial charge in [-0.25, -0.2) is 18.4 Å². The maximum Gasteiger partial charge on any atom is 0.219 e. The summed E-state index contributed by atoms with van der Waals surface area (Å²) in [6.07, 6.45) is 4.93. The Bertz CT molecular complexity index is 1070. The molecule has 0 saturated carbocycles. The SMILES string of the molecule is Nc1ncc(-c2ccc3ccc(OCCC4CCS(=O)(=O)C4)cc3c2)cn1. The zero-order valence-corrected chi connectivity index (χ0v) is 15.7. The van der Waals surface area contributed by atoms with E-state index in [1.807, 2.05) is 30.3 Å². The molecule has 1 saturated heterocycles. The lowest BCUT2D eigenvalue weighted by Gasteiger charge is -2.11. The van der Waals surface area contributed by atoms with Crippen LogP contribution in [0.2, 0.25) is 0 Å². The van der Waals surface area contributed by atoms with Crippen LogP contribution in [0.4, 0.5) is 5.95 Å². The summed E-state index contributed by atoms with van der Waals surface area (Å²) in [5, 5.41) is 2.18. The van der Waals surface area contributed by atoms with E-state index in [-0.39, 0.29) is 11.9 Å². The second kappa shape index (κ2) is 7.15. The molecule has 1 aliphatic heterocycles. The summed E-state index contributed by atoms with van der Waals surface area (Å²) < 4.78 is 28.9. The van der Waals surface area contributed by atoms with Gasteiger partial charge in [-0.1, -0.05) is 18.2 Å². The fraction of sp³-hybridized carbons (Fsp3) is 0.300. The molecule has 0 radical (unpaired) electrons. The van der Waals surface area contributed by atoms with Crippen molar-refractivity contribution in [2.75, 3.05) is 23.8 Å². The van der Waals surface area contributed by atoms with Gasteiger partial charge in [0.25, 0.3) is 0 Å². The number of fused-ring (bicyclic) bond motifs is 1. The van der Waals surface area contributed by atoms with Gasteiger partial charge in [-0.3, -0.25) is 0 Å². The monoisotopic (exact) mass is 383 g/mol. The number of nitrogens with two attached hydrogens (primary N) is 1. The summed E-state index contributed by atoms with van der Waals surface area (Å²) in [5.74, 6) is 1.86. The number of benzene rings is 2. The van der Waals surface area contributed by atoms with Crippen molar-refractivity contribution in [3.63, 3.8) is 0 Å². The van der Waals surface area contributed by atoms with Crippen LogP contribution >= 0.6 is 0 Å². The third-order valence-electron chi connectivity index (χ3n) is 4.94. The Hall–Kier alpha value is -2.67. The number of anilines is 1. The molecule has 4 rings (SSSR count). The smallest absolute Gasteiger partial charge is 0.219 e. The van der Waals surface area contributed by atoms with Crippen molar-refractivity contribution in [2.45, 2.75) is 12.8 Å². The number of nitrogens with zero attached hydrogens (tertiary/aromatic N) is 2. The molecule has 0 spiro atoms. The second-order valence-corrected chi connectivity index (χ2v) is 9.19. The first-order valence-corrected chi connectivity index (χ1v) is 10.8. The highest BCUT2D eigenvalue weighted by Gasteiger charge is 2.27. The third-order valence-corrected chi connectivity index (χ3v) is 6.78. The number of aromatic nitrogens is 2. The van der Waals surface area contributed by atoms with Crippen molar-refractivity contribution in [3.8, 4) is 16.9 Å². The summed E-state index contributed by atoms with van der Waals surface area (Å²) >= 11 is 0. The summed E-state index contributed by atoms with van der Waals surface area (Å²) in [4.78, 5) is 8.08. The Kier molecular flexibility index (Phi) is 4.70. The van der Waals surface area contributed by atoms with E-state index in [2.05, 4.69) is 16.0 Å². The van der Waals surface area contributed by atoms with Crippen molar-refractivity contribution in [1.82, 2.24) is 9.97 Å². The van der Waals surface area contributed by atoms with Crippen LogP contribution in [0.5, 0.6) is 5.75 Å². The highest BCUT2D eigenvalue weighted by atomic mass is 32.2. The molecule has 0 amide bonds. The quantitative estimate of drug-likeness (QED) is 0.727. The van der Waals surface area contributed by atoms with Crippen LogP contribution < -0.4 is 10.5 Å². The molecule has 3 aromatic rings. The van der Waals surface area contributed by atoms with Crippen LogP contribution in [-0.4, -0.2) is 36.5 Å². The molecule has 6 nitrogen and oxygen atoms in total. The molecule has 1 aromatic heterocycles. The van der Waals surface area contributed by atoms with E-state index in [4.69, 9.17) is 10.5 Å². The standard InChI is InChI=1S/C20H21N3O3S/c21-20-22-11-18(12-23-20)16-2-1-15-3-4-19(10-17(15)9-16)26-7-5-14-6-8-27(24,25)13-14/h1-4,9-12,14H,5-8,13H2,(H2,21,22,23). The number of hydrogen-bond acceptors (Lipinski definition) is 6. The molecule has 140 valence electrons. The lowest BCUT2D eigenvalue weighted by atomic mass is 10.0. The van der Waals surface area contributed by atoms with Crippen molar-refractivity contribution in [3.05, 3.63) is 48.8 Å². The minimum Gasteiger partial charge on any atom is -0.494 e. The predicted molar refractivity (Wildman–Crippen MR) is 106 cm³/mol. The first-order chi connectivity index (χ1) is 13.0. The first-order valence-electron chi connectivity index (χ1n) is 8.93. The maximum absolute atomic E-state index is 11.5. The van der Waals surface area contributed by atoms with Gasteiger partial charge in [-0.15, -0.1) is 0 Å². The first kappa shape index (κ1) is 17.7. The maximum atomic E-state index is 11.5. The molecule has 0 aliphatic carbocycles. The van der Waals surface area contributed by atoms with Crippen molar-refractivity contribution >= 4 is 26.6 Å². The number of rotatable bonds is 5. The Labute approximate surface area is 158 Å². The molecular weight excluding hydrogens is 362 g/mol. The van der Waals surface area contributed by atoms with Crippen LogP contribution in [0.3, 0.4) is 0 Å². The highest BCUT2D eigenvalue weighted by molar-refractivity contribution is 7.91. The molecule has 1 fully saturated rings. The number of nitrogen functional groups attached to an aromatic ring is 1. The fourth-order valence-electron chi connectivity index (χ4n) is 3.42. The van der Waals surface area contributed by atoms with Crippen LogP contribution in [0.15, 0.2) is 48.8 Å². The molecular formula is C20H21N3O3S. The normalized spacial score (nSPS) is 18.6. The van der Waals surface area contributed by atoms with Crippen molar-refractivity contribution in [2.24, 2.45) is 5.92 Å². The minimum atomic E-state index is -2.83. The fourth-order valence-corrected chi connectivity index (χ4v) is 5.34. The van der Waals surface area contributed by atoms with Gasteiger partial charge in [0.05, 0.1) is 18.1 Å². The topological polar surface area (TPSA) is 95.2 Å². The van der Waals surface area contributed by atoms with E-state index < -0.39 is 9.84 Å². The summed E-state index contributed by atoms with van der Waals surface area (Å²) in [6, 6.07) is 12.1. The zero-order valence-electron chi connectivity index (χ0n) is 14.8. The lowest BCUT2D eigenvalue weighted by molar-refractivity contribution is 0.286. The third kappa shape index (κ3) is 4.19.